The van der Waals surface area contributed by atoms with Crippen molar-refractivity contribution in [1.82, 2.24) is 9.55 Å². The highest BCUT2D eigenvalue weighted by Crippen LogP contribution is 2.26. The third kappa shape index (κ3) is 4.23. The van der Waals surface area contributed by atoms with Crippen LogP contribution in [-0.2, 0) is 12.3 Å². The van der Waals surface area contributed by atoms with Crippen LogP contribution in [0.15, 0.2) is 69.9 Å². The van der Waals surface area contributed by atoms with E-state index in [4.69, 9.17) is 0 Å². The van der Waals surface area contributed by atoms with Gasteiger partial charge in [-0.1, -0.05) is 53.7 Å². The number of nitro groups is 1. The quantitative estimate of drug-likeness (QED) is 0.188. The van der Waals surface area contributed by atoms with Crippen molar-refractivity contribution in [1.29, 1.82) is 0 Å². The molecule has 2 aromatic carbocycles. The van der Waals surface area contributed by atoms with E-state index in [-0.39, 0.29) is 11.2 Å². The molecule has 2 heterocycles. The summed E-state index contributed by atoms with van der Waals surface area (Å²) in [6.07, 6.45) is 0. The molecule has 0 saturated heterocycles. The van der Waals surface area contributed by atoms with E-state index in [2.05, 4.69) is 4.98 Å². The second kappa shape index (κ2) is 8.18. The van der Waals surface area contributed by atoms with Crippen LogP contribution in [0.5, 0.6) is 0 Å². The summed E-state index contributed by atoms with van der Waals surface area (Å²) in [5.74, 6) is 0.484. The topological polar surface area (TPSA) is 78.0 Å². The van der Waals surface area contributed by atoms with Gasteiger partial charge in [-0.2, -0.15) is 0 Å². The number of benzene rings is 2. The molecule has 0 unspecified atom stereocenters. The molecule has 0 N–H and O–H groups in total. The lowest BCUT2D eigenvalue weighted by Gasteiger charge is -2.12. The van der Waals surface area contributed by atoms with Crippen LogP contribution in [-0.4, -0.2) is 14.5 Å². The van der Waals surface area contributed by atoms with E-state index in [1.807, 2.05) is 48.7 Å². The van der Waals surface area contributed by atoms with Crippen molar-refractivity contribution in [3.63, 3.8) is 0 Å². The Morgan fingerprint density at radius 3 is 2.69 bits per heavy atom. The molecule has 0 saturated carbocycles. The van der Waals surface area contributed by atoms with E-state index in [0.29, 0.717) is 27.7 Å². The highest BCUT2D eigenvalue weighted by Gasteiger charge is 2.14. The van der Waals surface area contributed by atoms with Gasteiger partial charge in [0.25, 0.3) is 11.2 Å². The Labute approximate surface area is 175 Å². The number of rotatable bonds is 6. The Kier molecular flexibility index (Phi) is 5.46. The molecular formula is C21H17N3O3S2. The average Bonchev–Trinajstić information content (AvgIpc) is 3.19. The Morgan fingerprint density at radius 2 is 1.93 bits per heavy atom. The molecule has 2 aromatic heterocycles. The molecular weight excluding hydrogens is 406 g/mol. The summed E-state index contributed by atoms with van der Waals surface area (Å²) in [5.41, 5.74) is 3.67. The molecule has 8 heteroatoms. The fraction of sp³-hybridized carbons (Fsp3) is 0.143. The number of thiophene rings is 1. The molecule has 6 nitrogen and oxygen atoms in total. The summed E-state index contributed by atoms with van der Waals surface area (Å²) < 4.78 is 2.32. The lowest BCUT2D eigenvalue weighted by atomic mass is 10.1. The number of nitro benzene ring substituents is 1. The third-order valence-electron chi connectivity index (χ3n) is 4.48. The van der Waals surface area contributed by atoms with Crippen LogP contribution in [0, 0.1) is 17.0 Å². The monoisotopic (exact) mass is 423 g/mol. The summed E-state index contributed by atoms with van der Waals surface area (Å²) in [7, 11) is 0. The molecule has 0 bridgehead atoms. The summed E-state index contributed by atoms with van der Waals surface area (Å²) >= 11 is 2.80. The molecule has 146 valence electrons. The van der Waals surface area contributed by atoms with Gasteiger partial charge in [0.15, 0.2) is 5.16 Å². The van der Waals surface area contributed by atoms with Crippen LogP contribution < -0.4 is 5.56 Å². The fourth-order valence-corrected chi connectivity index (χ4v) is 4.68. The SMILES string of the molecule is Cc1ccc(Cn2c(SCc3cccc([N+](=O)[O-])c3)nc3ccsc3c2=O)cc1. The van der Waals surface area contributed by atoms with Crippen LogP contribution in [0.25, 0.3) is 10.2 Å². The van der Waals surface area contributed by atoms with Crippen LogP contribution in [0.2, 0.25) is 0 Å². The molecule has 0 spiro atoms. The molecule has 0 aliphatic rings. The van der Waals surface area contributed by atoms with E-state index >= 15 is 0 Å². The van der Waals surface area contributed by atoms with Crippen LogP contribution >= 0.6 is 23.1 Å². The van der Waals surface area contributed by atoms with Crippen LogP contribution in [0.4, 0.5) is 5.69 Å². The van der Waals surface area contributed by atoms with Gasteiger partial charge in [0.2, 0.25) is 0 Å². The van der Waals surface area contributed by atoms with Gasteiger partial charge in [-0.15, -0.1) is 11.3 Å². The first-order valence-electron chi connectivity index (χ1n) is 8.91. The predicted octanol–water partition coefficient (Wildman–Crippen LogP) is 5.02. The molecule has 0 radical (unpaired) electrons. The maximum Gasteiger partial charge on any atom is 0.272 e. The summed E-state index contributed by atoms with van der Waals surface area (Å²) in [6, 6.07) is 16.4. The van der Waals surface area contributed by atoms with Crippen molar-refractivity contribution in [3.05, 3.63) is 97.1 Å². The van der Waals surface area contributed by atoms with Gasteiger partial charge in [0.05, 0.1) is 17.0 Å². The van der Waals surface area contributed by atoms with Gasteiger partial charge in [-0.25, -0.2) is 4.98 Å². The number of non-ortho nitro benzene ring substituents is 1. The fourth-order valence-electron chi connectivity index (χ4n) is 2.96. The number of nitrogens with zero attached hydrogens (tertiary/aromatic N) is 3. The molecule has 0 atom stereocenters. The zero-order valence-corrected chi connectivity index (χ0v) is 17.2. The van der Waals surface area contributed by atoms with Crippen molar-refractivity contribution >= 4 is 39.0 Å². The first kappa shape index (κ1) is 19.4. The molecule has 4 rings (SSSR count). The summed E-state index contributed by atoms with van der Waals surface area (Å²) in [6.45, 7) is 2.45. The number of hydrogen-bond donors (Lipinski definition) is 0. The second-order valence-electron chi connectivity index (χ2n) is 6.62. The maximum atomic E-state index is 13.1. The minimum Gasteiger partial charge on any atom is -0.282 e. The zero-order chi connectivity index (χ0) is 20.4. The smallest absolute Gasteiger partial charge is 0.272 e. The molecule has 0 fully saturated rings. The standard InChI is InChI=1S/C21H17N3O3S2/c1-14-5-7-15(8-6-14)12-23-20(25)19-18(9-10-28-19)22-21(23)29-13-16-3-2-4-17(11-16)24(26)27/h2-11H,12-13H2,1H3. The molecule has 0 amide bonds. The highest BCUT2D eigenvalue weighted by atomic mass is 32.2. The Balaban J connectivity index is 1.68. The Hall–Kier alpha value is -2.97. The number of thioether (sulfide) groups is 1. The minimum atomic E-state index is -0.406. The Bertz CT molecular complexity index is 1250. The predicted molar refractivity (Wildman–Crippen MR) is 117 cm³/mol. The molecule has 0 aliphatic carbocycles. The Morgan fingerprint density at radius 1 is 1.14 bits per heavy atom. The lowest BCUT2D eigenvalue weighted by molar-refractivity contribution is -0.384. The van der Waals surface area contributed by atoms with Crippen molar-refractivity contribution in [2.75, 3.05) is 0 Å². The van der Waals surface area contributed by atoms with E-state index in [0.717, 1.165) is 16.7 Å². The van der Waals surface area contributed by atoms with E-state index in [9.17, 15) is 14.9 Å². The van der Waals surface area contributed by atoms with Gasteiger partial charge in [0, 0.05) is 17.9 Å². The lowest BCUT2D eigenvalue weighted by Crippen LogP contribution is -2.23. The van der Waals surface area contributed by atoms with Crippen molar-refractivity contribution in [2.45, 2.75) is 24.4 Å². The maximum absolute atomic E-state index is 13.1. The van der Waals surface area contributed by atoms with Gasteiger partial charge in [-0.05, 0) is 29.5 Å². The average molecular weight is 424 g/mol. The molecule has 4 aromatic rings. The molecule has 29 heavy (non-hydrogen) atoms. The van der Waals surface area contributed by atoms with E-state index in [1.54, 1.807) is 16.7 Å². The van der Waals surface area contributed by atoms with E-state index < -0.39 is 4.92 Å². The highest BCUT2D eigenvalue weighted by molar-refractivity contribution is 7.98. The summed E-state index contributed by atoms with van der Waals surface area (Å²) in [4.78, 5) is 28.4. The second-order valence-corrected chi connectivity index (χ2v) is 8.48. The van der Waals surface area contributed by atoms with Gasteiger partial charge >= 0.3 is 0 Å². The number of aromatic nitrogens is 2. The minimum absolute atomic E-state index is 0.0568. The van der Waals surface area contributed by atoms with E-state index in [1.165, 1.54) is 29.2 Å². The van der Waals surface area contributed by atoms with Gasteiger partial charge in [0.1, 0.15) is 4.70 Å². The van der Waals surface area contributed by atoms with Crippen molar-refractivity contribution in [3.8, 4) is 0 Å². The largest absolute Gasteiger partial charge is 0.282 e. The van der Waals surface area contributed by atoms with Crippen molar-refractivity contribution in [2.24, 2.45) is 0 Å². The van der Waals surface area contributed by atoms with Gasteiger partial charge < -0.3 is 0 Å². The van der Waals surface area contributed by atoms with Crippen LogP contribution in [0.3, 0.4) is 0 Å². The molecule has 0 aliphatic heterocycles. The number of hydrogen-bond acceptors (Lipinski definition) is 6. The summed E-state index contributed by atoms with van der Waals surface area (Å²) in [5, 5.41) is 13.5. The third-order valence-corrected chi connectivity index (χ3v) is 6.42. The first-order chi connectivity index (χ1) is 14.0. The number of aryl methyl sites for hydroxylation is 1. The first-order valence-corrected chi connectivity index (χ1v) is 10.8. The van der Waals surface area contributed by atoms with Crippen molar-refractivity contribution < 1.29 is 4.92 Å². The normalized spacial score (nSPS) is 11.1. The zero-order valence-electron chi connectivity index (χ0n) is 15.6. The number of fused-ring (bicyclic) bond motifs is 1. The van der Waals surface area contributed by atoms with Crippen LogP contribution in [0.1, 0.15) is 16.7 Å². The van der Waals surface area contributed by atoms with Gasteiger partial charge in [-0.3, -0.25) is 19.5 Å².